The fraction of sp³-hybridized carbons (Fsp3) is 0.300. The van der Waals surface area contributed by atoms with Gasteiger partial charge in [-0.1, -0.05) is 31.5 Å². The van der Waals surface area contributed by atoms with Gasteiger partial charge in [-0.3, -0.25) is 0 Å². The third-order valence-electron chi connectivity index (χ3n) is 1.46. The average Bonchev–Trinajstić information content (AvgIpc) is 2.47. The number of nitrogens with zero attached hydrogens (tertiary/aromatic N) is 1. The topological polar surface area (TPSA) is 23.8 Å². The Hall–Kier alpha value is -0.780. The molecule has 0 bridgehead atoms. The van der Waals surface area contributed by atoms with E-state index in [-0.39, 0.29) is 0 Å². The minimum absolute atomic E-state index is 0.385. The van der Waals surface area contributed by atoms with Crippen LogP contribution in [0.5, 0.6) is 0 Å². The molecule has 0 saturated heterocycles. The van der Waals surface area contributed by atoms with E-state index in [9.17, 15) is 0 Å². The molecule has 0 saturated carbocycles. The molecular weight excluding hydrogens is 202 g/mol. The first kappa shape index (κ1) is 10.3. The fourth-order valence-electron chi connectivity index (χ4n) is 0.967. The van der Waals surface area contributed by atoms with E-state index in [0.717, 1.165) is 9.21 Å². The predicted molar refractivity (Wildman–Crippen MR) is 57.8 cm³/mol. The van der Waals surface area contributed by atoms with Crippen LogP contribution >= 0.6 is 22.9 Å². The minimum Gasteiger partial charge on any atom is -0.192 e. The molecule has 0 aliphatic rings. The first-order valence-electron chi connectivity index (χ1n) is 4.01. The van der Waals surface area contributed by atoms with Crippen LogP contribution in [0.15, 0.2) is 18.2 Å². The number of hydrogen-bond acceptors (Lipinski definition) is 2. The van der Waals surface area contributed by atoms with Crippen LogP contribution in [-0.2, 0) is 0 Å². The van der Waals surface area contributed by atoms with E-state index >= 15 is 0 Å². The number of thiophene rings is 1. The smallest absolute Gasteiger partial charge is 0.100 e. The Morgan fingerprint density at radius 3 is 2.69 bits per heavy atom. The van der Waals surface area contributed by atoms with Gasteiger partial charge >= 0.3 is 0 Å². The van der Waals surface area contributed by atoms with Crippen molar-refractivity contribution in [1.82, 2.24) is 0 Å². The molecule has 0 atom stereocenters. The predicted octanol–water partition coefficient (Wildman–Crippen LogP) is 3.96. The molecule has 1 heterocycles. The van der Waals surface area contributed by atoms with Crippen molar-refractivity contribution in [2.45, 2.75) is 13.8 Å². The molecule has 0 fully saturated rings. The average molecular weight is 212 g/mol. The maximum absolute atomic E-state index is 8.88. The van der Waals surface area contributed by atoms with Crippen LogP contribution in [-0.4, -0.2) is 0 Å². The highest BCUT2D eigenvalue weighted by Crippen LogP contribution is 2.27. The zero-order valence-electron chi connectivity index (χ0n) is 7.54. The van der Waals surface area contributed by atoms with Gasteiger partial charge in [-0.15, -0.1) is 11.3 Å². The number of hydrogen-bond donors (Lipinski definition) is 0. The normalized spacial score (nSPS) is 11.8. The van der Waals surface area contributed by atoms with Crippen molar-refractivity contribution in [1.29, 1.82) is 5.26 Å². The standard InChI is InChI=1S/C10H10ClNS/c1-7(2)5-8(6-12)9-3-4-10(11)13-9/h3-5,7H,1-2H3/b8-5+. The van der Waals surface area contributed by atoms with Gasteiger partial charge in [0, 0.05) is 4.88 Å². The van der Waals surface area contributed by atoms with Crippen molar-refractivity contribution >= 4 is 28.5 Å². The van der Waals surface area contributed by atoms with Crippen LogP contribution in [0.4, 0.5) is 0 Å². The quantitative estimate of drug-likeness (QED) is 0.680. The van der Waals surface area contributed by atoms with Gasteiger partial charge in [0.05, 0.1) is 9.91 Å². The first-order valence-corrected chi connectivity index (χ1v) is 5.20. The lowest BCUT2D eigenvalue weighted by atomic mass is 10.1. The van der Waals surface area contributed by atoms with E-state index in [2.05, 4.69) is 6.07 Å². The molecule has 0 aliphatic heterocycles. The van der Waals surface area contributed by atoms with Crippen molar-refractivity contribution in [3.05, 3.63) is 27.4 Å². The molecule has 0 spiro atoms. The largest absolute Gasteiger partial charge is 0.192 e. The van der Waals surface area contributed by atoms with Gasteiger partial charge in [0.15, 0.2) is 0 Å². The van der Waals surface area contributed by atoms with Gasteiger partial charge < -0.3 is 0 Å². The summed E-state index contributed by atoms with van der Waals surface area (Å²) in [5, 5.41) is 8.88. The van der Waals surface area contributed by atoms with Crippen LogP contribution in [0.3, 0.4) is 0 Å². The Balaban J connectivity index is 2.99. The Morgan fingerprint density at radius 2 is 2.31 bits per heavy atom. The molecular formula is C10H10ClNS. The zero-order chi connectivity index (χ0) is 9.84. The number of allylic oxidation sites excluding steroid dienone is 2. The van der Waals surface area contributed by atoms with Crippen molar-refractivity contribution in [3.8, 4) is 6.07 Å². The van der Waals surface area contributed by atoms with Crippen LogP contribution in [0.2, 0.25) is 4.34 Å². The highest BCUT2D eigenvalue weighted by atomic mass is 35.5. The molecule has 1 rings (SSSR count). The Bertz CT molecular complexity index is 357. The first-order chi connectivity index (χ1) is 6.13. The van der Waals surface area contributed by atoms with Crippen molar-refractivity contribution in [2.24, 2.45) is 5.92 Å². The van der Waals surface area contributed by atoms with Gasteiger partial charge in [-0.25, -0.2) is 0 Å². The summed E-state index contributed by atoms with van der Waals surface area (Å²) in [6.07, 6.45) is 1.95. The second kappa shape index (κ2) is 4.45. The van der Waals surface area contributed by atoms with E-state index < -0.39 is 0 Å². The summed E-state index contributed by atoms with van der Waals surface area (Å²) in [5.74, 6) is 0.385. The lowest BCUT2D eigenvalue weighted by Gasteiger charge is -1.96. The van der Waals surface area contributed by atoms with Gasteiger partial charge in [-0.05, 0) is 18.1 Å². The van der Waals surface area contributed by atoms with E-state index in [4.69, 9.17) is 16.9 Å². The SMILES string of the molecule is CC(C)/C=C(\C#N)c1ccc(Cl)s1. The van der Waals surface area contributed by atoms with E-state index in [1.54, 1.807) is 0 Å². The van der Waals surface area contributed by atoms with Gasteiger partial charge in [0.1, 0.15) is 6.07 Å². The number of rotatable bonds is 2. The molecule has 13 heavy (non-hydrogen) atoms. The third kappa shape index (κ3) is 2.87. The Morgan fingerprint density at radius 1 is 1.62 bits per heavy atom. The van der Waals surface area contributed by atoms with Crippen molar-refractivity contribution in [3.63, 3.8) is 0 Å². The summed E-state index contributed by atoms with van der Waals surface area (Å²) in [7, 11) is 0. The van der Waals surface area contributed by atoms with Crippen LogP contribution < -0.4 is 0 Å². The van der Waals surface area contributed by atoms with Gasteiger partial charge in [-0.2, -0.15) is 5.26 Å². The fourth-order valence-corrected chi connectivity index (χ4v) is 1.99. The van der Waals surface area contributed by atoms with E-state index in [1.807, 2.05) is 32.1 Å². The number of halogens is 1. The Kier molecular flexibility index (Phi) is 3.53. The summed E-state index contributed by atoms with van der Waals surface area (Å²) in [6.45, 7) is 4.10. The molecule has 0 unspecified atom stereocenters. The lowest BCUT2D eigenvalue weighted by Crippen LogP contribution is -1.82. The molecule has 68 valence electrons. The maximum Gasteiger partial charge on any atom is 0.100 e. The Labute approximate surface area is 87.3 Å². The zero-order valence-corrected chi connectivity index (χ0v) is 9.12. The number of nitriles is 1. The highest BCUT2D eigenvalue weighted by Gasteiger charge is 2.04. The molecule has 1 aromatic heterocycles. The van der Waals surface area contributed by atoms with E-state index in [0.29, 0.717) is 11.5 Å². The third-order valence-corrected chi connectivity index (χ3v) is 2.72. The van der Waals surface area contributed by atoms with Crippen molar-refractivity contribution in [2.75, 3.05) is 0 Å². The second-order valence-electron chi connectivity index (χ2n) is 3.04. The van der Waals surface area contributed by atoms with Crippen LogP contribution in [0.25, 0.3) is 5.57 Å². The summed E-state index contributed by atoms with van der Waals surface area (Å²) in [6, 6.07) is 5.87. The molecule has 1 aromatic rings. The minimum atomic E-state index is 0.385. The van der Waals surface area contributed by atoms with Gasteiger partial charge in [0.25, 0.3) is 0 Å². The molecule has 0 radical (unpaired) electrons. The lowest BCUT2D eigenvalue weighted by molar-refractivity contribution is 0.834. The second-order valence-corrected chi connectivity index (χ2v) is 4.76. The summed E-state index contributed by atoms with van der Waals surface area (Å²) >= 11 is 7.22. The monoisotopic (exact) mass is 211 g/mol. The summed E-state index contributed by atoms with van der Waals surface area (Å²) < 4.78 is 0.722. The van der Waals surface area contributed by atoms with Crippen LogP contribution in [0.1, 0.15) is 18.7 Å². The molecule has 1 nitrogen and oxygen atoms in total. The molecule has 0 aromatic carbocycles. The van der Waals surface area contributed by atoms with Crippen molar-refractivity contribution < 1.29 is 0 Å². The summed E-state index contributed by atoms with van der Waals surface area (Å²) in [4.78, 5) is 0.946. The summed E-state index contributed by atoms with van der Waals surface area (Å²) in [5.41, 5.74) is 0.715. The molecule has 3 heteroatoms. The van der Waals surface area contributed by atoms with Crippen LogP contribution in [0, 0.1) is 17.2 Å². The molecule has 0 aliphatic carbocycles. The molecule has 0 N–H and O–H groups in total. The highest BCUT2D eigenvalue weighted by molar-refractivity contribution is 7.17. The maximum atomic E-state index is 8.88. The van der Waals surface area contributed by atoms with Gasteiger partial charge in [0.2, 0.25) is 0 Å². The van der Waals surface area contributed by atoms with E-state index in [1.165, 1.54) is 11.3 Å². The molecule has 0 amide bonds.